The van der Waals surface area contributed by atoms with E-state index < -0.39 is 0 Å². The molecule has 20 heavy (non-hydrogen) atoms. The van der Waals surface area contributed by atoms with Crippen molar-refractivity contribution in [2.75, 3.05) is 19.6 Å². The average Bonchev–Trinajstić information content (AvgIpc) is 2.76. The largest absolute Gasteiger partial charge is 0.314 e. The van der Waals surface area contributed by atoms with Crippen LogP contribution in [0.4, 0.5) is 0 Å². The lowest BCUT2D eigenvalue weighted by Crippen LogP contribution is -2.54. The highest BCUT2D eigenvalue weighted by atomic mass is 15.2. The summed E-state index contributed by atoms with van der Waals surface area (Å²) in [5, 5.41) is 3.75. The number of nitrogens with one attached hydrogen (secondary N) is 1. The molecule has 2 rings (SSSR count). The minimum absolute atomic E-state index is 0.521. The number of piperidine rings is 1. The third kappa shape index (κ3) is 2.66. The van der Waals surface area contributed by atoms with E-state index in [9.17, 15) is 0 Å². The predicted molar refractivity (Wildman–Crippen MR) is 87.9 cm³/mol. The molecule has 1 saturated carbocycles. The maximum Gasteiger partial charge on any atom is 0.0120 e. The van der Waals surface area contributed by atoms with Crippen LogP contribution in [-0.4, -0.2) is 36.6 Å². The van der Waals surface area contributed by atoms with Gasteiger partial charge in [-0.25, -0.2) is 0 Å². The summed E-state index contributed by atoms with van der Waals surface area (Å²) < 4.78 is 0. The number of nitrogens with zero attached hydrogens (tertiary/aromatic N) is 1. The molecule has 2 fully saturated rings. The van der Waals surface area contributed by atoms with Crippen molar-refractivity contribution >= 4 is 0 Å². The fraction of sp³-hybridized carbons (Fsp3) is 1.00. The molecule has 0 radical (unpaired) electrons. The Kier molecular flexibility index (Phi) is 4.57. The normalized spacial score (nSPS) is 37.0. The summed E-state index contributed by atoms with van der Waals surface area (Å²) in [6.45, 7) is 20.7. The minimum atomic E-state index is 0.521. The fourth-order valence-corrected chi connectivity index (χ4v) is 4.34. The molecule has 0 aromatic heterocycles. The lowest BCUT2D eigenvalue weighted by Gasteiger charge is -2.43. The molecule has 1 N–H and O–H groups in total. The van der Waals surface area contributed by atoms with Crippen LogP contribution >= 0.6 is 0 Å². The van der Waals surface area contributed by atoms with Crippen molar-refractivity contribution in [2.24, 2.45) is 22.7 Å². The van der Waals surface area contributed by atoms with E-state index in [-0.39, 0.29) is 0 Å². The van der Waals surface area contributed by atoms with Crippen LogP contribution in [0.5, 0.6) is 0 Å². The molecule has 2 nitrogen and oxygen atoms in total. The van der Waals surface area contributed by atoms with Gasteiger partial charge in [-0.3, -0.25) is 4.90 Å². The third-order valence-electron chi connectivity index (χ3n) is 7.09. The van der Waals surface area contributed by atoms with E-state index in [2.05, 4.69) is 58.7 Å². The quantitative estimate of drug-likeness (QED) is 0.825. The van der Waals surface area contributed by atoms with Crippen LogP contribution in [0.1, 0.15) is 61.3 Å². The molecule has 2 aliphatic rings. The topological polar surface area (TPSA) is 15.3 Å². The number of hydrogen-bond acceptors (Lipinski definition) is 2. The van der Waals surface area contributed by atoms with E-state index in [1.54, 1.807) is 0 Å². The molecular formula is C18H36N2. The smallest absolute Gasteiger partial charge is 0.0120 e. The monoisotopic (exact) mass is 280 g/mol. The van der Waals surface area contributed by atoms with Crippen molar-refractivity contribution in [3.8, 4) is 0 Å². The first-order chi connectivity index (χ1) is 9.23. The van der Waals surface area contributed by atoms with Gasteiger partial charge in [-0.15, -0.1) is 0 Å². The molecule has 1 aliphatic carbocycles. The molecule has 3 unspecified atom stereocenters. The first kappa shape index (κ1) is 16.3. The summed E-state index contributed by atoms with van der Waals surface area (Å²) in [6, 6.07) is 1.44. The summed E-state index contributed by atoms with van der Waals surface area (Å²) in [4.78, 5) is 2.76. The average molecular weight is 280 g/mol. The van der Waals surface area contributed by atoms with Gasteiger partial charge in [-0.05, 0) is 55.5 Å². The second-order valence-electron chi connectivity index (χ2n) is 8.44. The second-order valence-corrected chi connectivity index (χ2v) is 8.44. The molecule has 1 aliphatic heterocycles. The summed E-state index contributed by atoms with van der Waals surface area (Å²) in [5.74, 6) is 1.63. The van der Waals surface area contributed by atoms with Gasteiger partial charge in [-0.1, -0.05) is 41.5 Å². The van der Waals surface area contributed by atoms with Gasteiger partial charge in [0.15, 0.2) is 0 Å². The van der Waals surface area contributed by atoms with Crippen molar-refractivity contribution in [3.05, 3.63) is 0 Å². The van der Waals surface area contributed by atoms with E-state index in [4.69, 9.17) is 0 Å². The zero-order valence-electron chi connectivity index (χ0n) is 14.8. The summed E-state index contributed by atoms with van der Waals surface area (Å²) in [5.41, 5.74) is 1.04. The van der Waals surface area contributed by atoms with Crippen LogP contribution in [0, 0.1) is 22.7 Å². The first-order valence-electron chi connectivity index (χ1n) is 8.71. The maximum atomic E-state index is 3.75. The van der Waals surface area contributed by atoms with E-state index >= 15 is 0 Å². The molecule has 0 spiro atoms. The Morgan fingerprint density at radius 2 is 1.70 bits per heavy atom. The van der Waals surface area contributed by atoms with Crippen molar-refractivity contribution in [1.82, 2.24) is 10.2 Å². The van der Waals surface area contributed by atoms with Crippen molar-refractivity contribution < 1.29 is 0 Å². The Labute approximate surface area is 126 Å². The highest BCUT2D eigenvalue weighted by Crippen LogP contribution is 2.68. The molecular weight excluding hydrogens is 244 g/mol. The lowest BCUT2D eigenvalue weighted by atomic mass is 9.86. The van der Waals surface area contributed by atoms with Crippen LogP contribution in [0.3, 0.4) is 0 Å². The predicted octanol–water partition coefficient (Wildman–Crippen LogP) is 3.77. The molecule has 0 bridgehead atoms. The molecule has 0 aromatic carbocycles. The zero-order chi connectivity index (χ0) is 15.1. The molecule has 0 aromatic rings. The molecule has 118 valence electrons. The molecule has 1 heterocycles. The maximum absolute atomic E-state index is 3.75. The van der Waals surface area contributed by atoms with E-state index in [1.165, 1.54) is 32.5 Å². The van der Waals surface area contributed by atoms with E-state index in [0.29, 0.717) is 16.9 Å². The first-order valence-corrected chi connectivity index (χ1v) is 8.71. The SMILES string of the molecule is CCCNC1CCN(CC2C(C)(C)C2(C)C)C(C)C1C. The van der Waals surface area contributed by atoms with Crippen molar-refractivity contribution in [2.45, 2.75) is 73.4 Å². The standard InChI is InChI=1S/C18H36N2/c1-8-10-19-15-9-11-20(14(3)13(15)2)12-16-17(4,5)18(16,6)7/h13-16,19H,8-12H2,1-7H3. The second kappa shape index (κ2) is 5.61. The van der Waals surface area contributed by atoms with Gasteiger partial charge in [0.25, 0.3) is 0 Å². The van der Waals surface area contributed by atoms with Gasteiger partial charge < -0.3 is 5.32 Å². The highest BCUT2D eigenvalue weighted by molar-refractivity contribution is 5.13. The summed E-state index contributed by atoms with van der Waals surface area (Å²) >= 11 is 0. The van der Waals surface area contributed by atoms with Gasteiger partial charge >= 0.3 is 0 Å². The fourth-order valence-electron chi connectivity index (χ4n) is 4.34. The van der Waals surface area contributed by atoms with Crippen LogP contribution in [0.2, 0.25) is 0 Å². The van der Waals surface area contributed by atoms with Crippen LogP contribution in [0.25, 0.3) is 0 Å². The minimum Gasteiger partial charge on any atom is -0.314 e. The summed E-state index contributed by atoms with van der Waals surface area (Å²) in [6.07, 6.45) is 2.56. The molecule has 0 amide bonds. The Morgan fingerprint density at radius 1 is 1.10 bits per heavy atom. The van der Waals surface area contributed by atoms with E-state index in [1.807, 2.05) is 0 Å². The van der Waals surface area contributed by atoms with Crippen LogP contribution in [-0.2, 0) is 0 Å². The molecule has 2 heteroatoms. The Hall–Kier alpha value is -0.0800. The van der Waals surface area contributed by atoms with Crippen molar-refractivity contribution in [1.29, 1.82) is 0 Å². The Bertz CT molecular complexity index is 320. The van der Waals surface area contributed by atoms with Crippen LogP contribution in [0.15, 0.2) is 0 Å². The van der Waals surface area contributed by atoms with Gasteiger partial charge in [0, 0.05) is 18.6 Å². The van der Waals surface area contributed by atoms with Gasteiger partial charge in [0.05, 0.1) is 0 Å². The number of hydrogen-bond donors (Lipinski definition) is 1. The Balaban J connectivity index is 1.90. The Morgan fingerprint density at radius 3 is 2.20 bits per heavy atom. The molecule has 3 atom stereocenters. The van der Waals surface area contributed by atoms with Gasteiger partial charge in [0.2, 0.25) is 0 Å². The van der Waals surface area contributed by atoms with Crippen LogP contribution < -0.4 is 5.32 Å². The zero-order valence-corrected chi connectivity index (χ0v) is 14.8. The van der Waals surface area contributed by atoms with E-state index in [0.717, 1.165) is 17.9 Å². The highest BCUT2D eigenvalue weighted by Gasteiger charge is 2.64. The van der Waals surface area contributed by atoms with Crippen molar-refractivity contribution in [3.63, 3.8) is 0 Å². The number of likely N-dealkylation sites (tertiary alicyclic amines) is 1. The van der Waals surface area contributed by atoms with Gasteiger partial charge in [-0.2, -0.15) is 0 Å². The third-order valence-corrected chi connectivity index (χ3v) is 7.09. The lowest BCUT2D eigenvalue weighted by molar-refractivity contribution is 0.0758. The molecule has 1 saturated heterocycles. The summed E-state index contributed by atoms with van der Waals surface area (Å²) in [7, 11) is 0. The number of rotatable bonds is 5. The van der Waals surface area contributed by atoms with Gasteiger partial charge in [0.1, 0.15) is 0 Å².